The van der Waals surface area contributed by atoms with Crippen LogP contribution in [0.1, 0.15) is 11.1 Å². The lowest BCUT2D eigenvalue weighted by molar-refractivity contribution is -0.127. The molecule has 9 nitrogen and oxygen atoms in total. The van der Waals surface area contributed by atoms with Crippen molar-refractivity contribution in [2.24, 2.45) is 0 Å². The van der Waals surface area contributed by atoms with Crippen molar-refractivity contribution in [3.8, 4) is 11.5 Å². The number of nitrogens with one attached hydrogen (secondary N) is 2. The van der Waals surface area contributed by atoms with Crippen molar-refractivity contribution >= 4 is 68.1 Å². The first-order valence-electron chi connectivity index (χ1n) is 11.7. The number of imide groups is 1. The van der Waals surface area contributed by atoms with Crippen LogP contribution >= 0.6 is 27.7 Å². The minimum Gasteiger partial charge on any atom is -0.493 e. The molecule has 0 saturated carbocycles. The van der Waals surface area contributed by atoms with E-state index in [1.165, 1.54) is 13.2 Å². The molecule has 0 radical (unpaired) electrons. The lowest BCUT2D eigenvalue weighted by Gasteiger charge is -2.13. The number of para-hydroxylation sites is 1. The van der Waals surface area contributed by atoms with E-state index >= 15 is 0 Å². The number of thioether (sulfide) groups is 1. The van der Waals surface area contributed by atoms with E-state index in [4.69, 9.17) is 9.47 Å². The van der Waals surface area contributed by atoms with Crippen molar-refractivity contribution in [1.82, 2.24) is 4.90 Å². The number of ether oxygens (including phenoxy) is 2. The molecular weight excluding hydrogens is 586 g/mol. The third-order valence-corrected chi connectivity index (χ3v) is 7.10. The minimum atomic E-state index is -0.570. The zero-order valence-corrected chi connectivity index (χ0v) is 23.4. The molecule has 0 aromatic heterocycles. The quantitative estimate of drug-likeness (QED) is 0.310. The number of carbonyl (C=O) groups excluding carboxylic acids is 4. The van der Waals surface area contributed by atoms with Crippen molar-refractivity contribution in [1.29, 1.82) is 0 Å². The van der Waals surface area contributed by atoms with Crippen LogP contribution in [0.5, 0.6) is 11.5 Å². The normalized spacial score (nSPS) is 13.9. The maximum Gasteiger partial charge on any atom is 0.294 e. The van der Waals surface area contributed by atoms with Crippen LogP contribution in [0.25, 0.3) is 6.08 Å². The first-order chi connectivity index (χ1) is 18.7. The number of amides is 4. The number of nitrogens with zero attached hydrogens (tertiary/aromatic N) is 1. The predicted molar refractivity (Wildman–Crippen MR) is 154 cm³/mol. The second-order valence-corrected chi connectivity index (χ2v) is 10.3. The number of aryl methyl sites for hydroxylation is 1. The number of halogens is 1. The Hall–Kier alpha value is -4.09. The van der Waals surface area contributed by atoms with E-state index in [1.54, 1.807) is 54.6 Å². The first kappa shape index (κ1) is 27.9. The lowest BCUT2D eigenvalue weighted by Crippen LogP contribution is -2.36. The van der Waals surface area contributed by atoms with Gasteiger partial charge in [-0.15, -0.1) is 0 Å². The van der Waals surface area contributed by atoms with Gasteiger partial charge in [-0.1, -0.05) is 35.9 Å². The Balaban J connectivity index is 1.38. The zero-order chi connectivity index (χ0) is 27.9. The molecule has 0 bridgehead atoms. The Labute approximate surface area is 237 Å². The molecular formula is C28H24BrN3O6S. The van der Waals surface area contributed by atoms with Gasteiger partial charge in [-0.2, -0.15) is 0 Å². The number of rotatable bonds is 9. The SMILES string of the molecule is COc1cc(/C=C2/SC(=O)N(CC(=O)Nc3ccccc3Br)C2=O)ccc1OCC(=O)Nc1ccc(C)cc1. The van der Waals surface area contributed by atoms with Gasteiger partial charge in [0, 0.05) is 10.2 Å². The number of carbonyl (C=O) groups is 4. The van der Waals surface area contributed by atoms with Crippen LogP contribution in [0, 0.1) is 6.92 Å². The Kier molecular flexibility index (Phi) is 9.05. The minimum absolute atomic E-state index is 0.168. The van der Waals surface area contributed by atoms with Gasteiger partial charge in [-0.05, 0) is 82.7 Å². The molecule has 0 aliphatic carbocycles. The van der Waals surface area contributed by atoms with Gasteiger partial charge in [0.25, 0.3) is 17.1 Å². The maximum absolute atomic E-state index is 12.9. The number of methoxy groups -OCH3 is 1. The molecule has 1 aliphatic rings. The van der Waals surface area contributed by atoms with Crippen molar-refractivity contribution in [2.45, 2.75) is 6.92 Å². The summed E-state index contributed by atoms with van der Waals surface area (Å²) in [6.45, 7) is 1.31. The van der Waals surface area contributed by atoms with Gasteiger partial charge in [-0.3, -0.25) is 24.1 Å². The Morgan fingerprint density at radius 2 is 1.72 bits per heavy atom. The smallest absolute Gasteiger partial charge is 0.294 e. The standard InChI is InChI=1S/C28H24BrN3O6S/c1-17-7-10-19(11-8-17)30-26(34)16-38-22-12-9-18(13-23(22)37-2)14-24-27(35)32(28(36)39-24)15-25(33)31-21-6-4-3-5-20(21)29/h3-14H,15-16H2,1-2H3,(H,30,34)(H,31,33)/b24-14+. The van der Waals surface area contributed by atoms with Crippen molar-refractivity contribution in [3.05, 3.63) is 87.2 Å². The van der Waals surface area contributed by atoms with Crippen LogP contribution < -0.4 is 20.1 Å². The van der Waals surface area contributed by atoms with Crippen LogP contribution in [0.3, 0.4) is 0 Å². The topological polar surface area (TPSA) is 114 Å². The van der Waals surface area contributed by atoms with Crippen molar-refractivity contribution in [2.75, 3.05) is 30.9 Å². The zero-order valence-electron chi connectivity index (χ0n) is 21.0. The van der Waals surface area contributed by atoms with Crippen molar-refractivity contribution in [3.63, 3.8) is 0 Å². The number of benzene rings is 3. The molecule has 0 atom stereocenters. The molecule has 1 aliphatic heterocycles. The molecule has 11 heteroatoms. The van der Waals surface area contributed by atoms with Gasteiger partial charge in [0.15, 0.2) is 18.1 Å². The number of anilines is 2. The average Bonchev–Trinajstić information content (AvgIpc) is 3.17. The molecule has 1 fully saturated rings. The largest absolute Gasteiger partial charge is 0.493 e. The van der Waals surface area contributed by atoms with E-state index in [2.05, 4.69) is 26.6 Å². The molecule has 3 aromatic rings. The molecule has 0 spiro atoms. The third kappa shape index (κ3) is 7.27. The summed E-state index contributed by atoms with van der Waals surface area (Å²) in [5.74, 6) is -0.716. The van der Waals surface area contributed by atoms with E-state index < -0.39 is 23.6 Å². The molecule has 4 amide bonds. The van der Waals surface area contributed by atoms with E-state index in [0.717, 1.165) is 22.2 Å². The molecule has 200 valence electrons. The van der Waals surface area contributed by atoms with E-state index in [0.29, 0.717) is 32.9 Å². The molecule has 2 N–H and O–H groups in total. The molecule has 39 heavy (non-hydrogen) atoms. The van der Waals surface area contributed by atoms with E-state index in [9.17, 15) is 19.2 Å². The Morgan fingerprint density at radius 1 is 0.974 bits per heavy atom. The number of hydrogen-bond acceptors (Lipinski definition) is 7. The first-order valence-corrected chi connectivity index (χ1v) is 13.3. The summed E-state index contributed by atoms with van der Waals surface area (Å²) in [4.78, 5) is 51.1. The summed E-state index contributed by atoms with van der Waals surface area (Å²) in [5, 5.41) is 4.90. The highest BCUT2D eigenvalue weighted by atomic mass is 79.9. The molecule has 0 unspecified atom stereocenters. The van der Waals surface area contributed by atoms with Crippen molar-refractivity contribution < 1.29 is 28.7 Å². The van der Waals surface area contributed by atoms with E-state index in [1.807, 2.05) is 19.1 Å². The average molecular weight is 610 g/mol. The van der Waals surface area contributed by atoms with Gasteiger partial charge in [-0.25, -0.2) is 0 Å². The molecule has 3 aromatic carbocycles. The van der Waals surface area contributed by atoms with Gasteiger partial charge >= 0.3 is 0 Å². The fraction of sp³-hybridized carbons (Fsp3) is 0.143. The lowest BCUT2D eigenvalue weighted by atomic mass is 10.2. The highest BCUT2D eigenvalue weighted by molar-refractivity contribution is 9.10. The van der Waals surface area contributed by atoms with E-state index in [-0.39, 0.29) is 17.4 Å². The van der Waals surface area contributed by atoms with Crippen LogP contribution in [-0.2, 0) is 14.4 Å². The summed E-state index contributed by atoms with van der Waals surface area (Å²) in [6.07, 6.45) is 1.53. The predicted octanol–water partition coefficient (Wildman–Crippen LogP) is 5.46. The van der Waals surface area contributed by atoms with Gasteiger partial charge in [0.05, 0.1) is 17.7 Å². The highest BCUT2D eigenvalue weighted by Crippen LogP contribution is 2.34. The summed E-state index contributed by atoms with van der Waals surface area (Å²) in [6, 6.07) is 19.3. The summed E-state index contributed by atoms with van der Waals surface area (Å²) < 4.78 is 11.7. The van der Waals surface area contributed by atoms with Gasteiger partial charge < -0.3 is 20.1 Å². The maximum atomic E-state index is 12.9. The summed E-state index contributed by atoms with van der Waals surface area (Å²) >= 11 is 4.09. The van der Waals surface area contributed by atoms with Crippen LogP contribution in [0.4, 0.5) is 16.2 Å². The summed E-state index contributed by atoms with van der Waals surface area (Å²) in [5.41, 5.74) is 2.86. The number of hydrogen-bond donors (Lipinski definition) is 2. The fourth-order valence-electron chi connectivity index (χ4n) is 3.55. The fourth-order valence-corrected chi connectivity index (χ4v) is 4.78. The molecule has 1 heterocycles. The Morgan fingerprint density at radius 3 is 2.44 bits per heavy atom. The highest BCUT2D eigenvalue weighted by Gasteiger charge is 2.36. The third-order valence-electron chi connectivity index (χ3n) is 5.50. The van der Waals surface area contributed by atoms with Gasteiger partial charge in [0.2, 0.25) is 5.91 Å². The Bertz CT molecular complexity index is 1460. The van der Waals surface area contributed by atoms with Crippen LogP contribution in [0.2, 0.25) is 0 Å². The van der Waals surface area contributed by atoms with Gasteiger partial charge in [0.1, 0.15) is 6.54 Å². The second-order valence-electron chi connectivity index (χ2n) is 8.41. The molecule has 1 saturated heterocycles. The van der Waals surface area contributed by atoms with Crippen LogP contribution in [0.15, 0.2) is 76.1 Å². The molecule has 4 rings (SSSR count). The second kappa shape index (κ2) is 12.6. The summed E-state index contributed by atoms with van der Waals surface area (Å²) in [7, 11) is 1.45. The monoisotopic (exact) mass is 609 g/mol. The van der Waals surface area contributed by atoms with Crippen LogP contribution in [-0.4, -0.2) is 48.1 Å².